The maximum atomic E-state index is 5.97. The minimum absolute atomic E-state index is 0.362. The van der Waals surface area contributed by atoms with Crippen LogP contribution < -0.4 is 5.73 Å². The van der Waals surface area contributed by atoms with Crippen molar-refractivity contribution in [3.05, 3.63) is 53.9 Å². The van der Waals surface area contributed by atoms with E-state index in [2.05, 4.69) is 47.3 Å². The SMILES string of the molecule is NCC(Cc1ccn(C2CCCCC2)n1)c1ccccc1. The molecule has 1 unspecified atom stereocenters. The van der Waals surface area contributed by atoms with Gasteiger partial charge < -0.3 is 5.73 Å². The molecule has 1 aromatic carbocycles. The van der Waals surface area contributed by atoms with Gasteiger partial charge in [0.25, 0.3) is 0 Å². The number of hydrogen-bond donors (Lipinski definition) is 1. The second-order valence-corrected chi connectivity index (χ2v) is 6.13. The number of rotatable bonds is 5. The smallest absolute Gasteiger partial charge is 0.0631 e. The van der Waals surface area contributed by atoms with E-state index in [-0.39, 0.29) is 0 Å². The first-order valence-corrected chi connectivity index (χ1v) is 8.16. The molecule has 0 spiro atoms. The molecule has 3 heteroatoms. The predicted octanol–water partition coefficient (Wildman–Crippen LogP) is 3.67. The molecule has 3 rings (SSSR count). The third kappa shape index (κ3) is 3.53. The van der Waals surface area contributed by atoms with Crippen LogP contribution in [0.2, 0.25) is 0 Å². The van der Waals surface area contributed by atoms with Gasteiger partial charge in [-0.15, -0.1) is 0 Å². The van der Waals surface area contributed by atoms with Crippen LogP contribution in [0.1, 0.15) is 55.3 Å². The highest BCUT2D eigenvalue weighted by Gasteiger charge is 2.17. The Morgan fingerprint density at radius 2 is 1.86 bits per heavy atom. The van der Waals surface area contributed by atoms with Gasteiger partial charge in [-0.2, -0.15) is 5.10 Å². The summed E-state index contributed by atoms with van der Waals surface area (Å²) in [5.74, 6) is 0.362. The van der Waals surface area contributed by atoms with Crippen LogP contribution in [0.25, 0.3) is 0 Å². The minimum Gasteiger partial charge on any atom is -0.330 e. The first-order valence-electron chi connectivity index (χ1n) is 8.16. The fourth-order valence-electron chi connectivity index (χ4n) is 3.35. The van der Waals surface area contributed by atoms with E-state index in [9.17, 15) is 0 Å². The van der Waals surface area contributed by atoms with Crippen molar-refractivity contribution in [2.45, 2.75) is 50.5 Å². The second-order valence-electron chi connectivity index (χ2n) is 6.13. The normalized spacial score (nSPS) is 17.8. The van der Waals surface area contributed by atoms with E-state index in [4.69, 9.17) is 10.8 Å². The molecule has 2 aromatic rings. The van der Waals surface area contributed by atoms with Crippen molar-refractivity contribution in [2.24, 2.45) is 5.73 Å². The number of nitrogens with zero attached hydrogens (tertiary/aromatic N) is 2. The fraction of sp³-hybridized carbons (Fsp3) is 0.500. The first kappa shape index (κ1) is 14.3. The van der Waals surface area contributed by atoms with Crippen molar-refractivity contribution in [1.82, 2.24) is 9.78 Å². The highest BCUT2D eigenvalue weighted by atomic mass is 15.3. The molecule has 0 amide bonds. The Hall–Kier alpha value is -1.61. The van der Waals surface area contributed by atoms with Gasteiger partial charge in [0.05, 0.1) is 11.7 Å². The average Bonchev–Trinajstić information content (AvgIpc) is 3.03. The van der Waals surface area contributed by atoms with Crippen molar-refractivity contribution < 1.29 is 0 Å². The van der Waals surface area contributed by atoms with Crippen LogP contribution in [0.4, 0.5) is 0 Å². The monoisotopic (exact) mass is 283 g/mol. The van der Waals surface area contributed by atoms with Gasteiger partial charge in [0.15, 0.2) is 0 Å². The van der Waals surface area contributed by atoms with Crippen LogP contribution in [0.15, 0.2) is 42.6 Å². The topological polar surface area (TPSA) is 43.8 Å². The molecule has 1 aliphatic rings. The summed E-state index contributed by atoms with van der Waals surface area (Å²) in [6.45, 7) is 0.667. The Bertz CT molecular complexity index is 541. The largest absolute Gasteiger partial charge is 0.330 e. The molecule has 0 radical (unpaired) electrons. The highest BCUT2D eigenvalue weighted by molar-refractivity contribution is 5.22. The summed E-state index contributed by atoms with van der Waals surface area (Å²) in [4.78, 5) is 0. The second kappa shape index (κ2) is 6.90. The molecule has 2 N–H and O–H groups in total. The van der Waals surface area contributed by atoms with E-state index in [0.717, 1.165) is 6.42 Å². The van der Waals surface area contributed by atoms with Gasteiger partial charge in [-0.25, -0.2) is 0 Å². The molecule has 3 nitrogen and oxygen atoms in total. The lowest BCUT2D eigenvalue weighted by Gasteiger charge is -2.22. The summed E-state index contributed by atoms with van der Waals surface area (Å²) in [7, 11) is 0. The molecule has 0 saturated heterocycles. The maximum absolute atomic E-state index is 5.97. The Morgan fingerprint density at radius 3 is 2.57 bits per heavy atom. The third-order valence-corrected chi connectivity index (χ3v) is 4.62. The average molecular weight is 283 g/mol. The molecule has 1 atom stereocenters. The van der Waals surface area contributed by atoms with E-state index in [1.165, 1.54) is 43.4 Å². The summed E-state index contributed by atoms with van der Waals surface area (Å²) in [5.41, 5.74) is 8.45. The predicted molar refractivity (Wildman–Crippen MR) is 86.3 cm³/mol. The van der Waals surface area contributed by atoms with Crippen LogP contribution in [0, 0.1) is 0 Å². The molecular weight excluding hydrogens is 258 g/mol. The molecule has 0 aliphatic heterocycles. The zero-order valence-electron chi connectivity index (χ0n) is 12.6. The summed E-state index contributed by atoms with van der Waals surface area (Å²) >= 11 is 0. The van der Waals surface area contributed by atoms with E-state index >= 15 is 0 Å². The van der Waals surface area contributed by atoms with Crippen LogP contribution in [-0.4, -0.2) is 16.3 Å². The number of benzene rings is 1. The van der Waals surface area contributed by atoms with Gasteiger partial charge in [-0.3, -0.25) is 4.68 Å². The number of aromatic nitrogens is 2. The van der Waals surface area contributed by atoms with Crippen LogP contribution in [0.3, 0.4) is 0 Å². The summed E-state index contributed by atoms with van der Waals surface area (Å²) < 4.78 is 2.19. The molecule has 0 bridgehead atoms. The Morgan fingerprint density at radius 1 is 1.10 bits per heavy atom. The van der Waals surface area contributed by atoms with Gasteiger partial charge in [0.1, 0.15) is 0 Å². The van der Waals surface area contributed by atoms with E-state index in [0.29, 0.717) is 18.5 Å². The Kier molecular flexibility index (Phi) is 4.71. The zero-order valence-corrected chi connectivity index (χ0v) is 12.6. The van der Waals surface area contributed by atoms with E-state index < -0.39 is 0 Å². The molecular formula is C18H25N3. The third-order valence-electron chi connectivity index (χ3n) is 4.62. The lowest BCUT2D eigenvalue weighted by atomic mass is 9.94. The lowest BCUT2D eigenvalue weighted by molar-refractivity contribution is 0.328. The summed E-state index contributed by atoms with van der Waals surface area (Å²) in [5, 5.41) is 4.81. The Labute approximate surface area is 127 Å². The van der Waals surface area contributed by atoms with Gasteiger partial charge in [0, 0.05) is 12.1 Å². The molecule has 1 aromatic heterocycles. The van der Waals surface area contributed by atoms with E-state index in [1.807, 2.05) is 0 Å². The van der Waals surface area contributed by atoms with Crippen molar-refractivity contribution >= 4 is 0 Å². The van der Waals surface area contributed by atoms with Crippen molar-refractivity contribution in [2.75, 3.05) is 6.54 Å². The number of hydrogen-bond acceptors (Lipinski definition) is 2. The molecule has 1 aliphatic carbocycles. The maximum Gasteiger partial charge on any atom is 0.0631 e. The Balaban J connectivity index is 1.68. The molecule has 1 heterocycles. The molecule has 112 valence electrons. The quantitative estimate of drug-likeness (QED) is 0.909. The van der Waals surface area contributed by atoms with Crippen LogP contribution in [-0.2, 0) is 6.42 Å². The van der Waals surface area contributed by atoms with Crippen molar-refractivity contribution in [3.63, 3.8) is 0 Å². The molecule has 21 heavy (non-hydrogen) atoms. The van der Waals surface area contributed by atoms with Crippen molar-refractivity contribution in [1.29, 1.82) is 0 Å². The van der Waals surface area contributed by atoms with Gasteiger partial charge >= 0.3 is 0 Å². The van der Waals surface area contributed by atoms with Crippen LogP contribution in [0.5, 0.6) is 0 Å². The summed E-state index contributed by atoms with van der Waals surface area (Å²) in [6.07, 6.45) is 9.71. The van der Waals surface area contributed by atoms with Gasteiger partial charge in [0.2, 0.25) is 0 Å². The lowest BCUT2D eigenvalue weighted by Crippen LogP contribution is -2.16. The first-order chi connectivity index (χ1) is 10.4. The fourth-order valence-corrected chi connectivity index (χ4v) is 3.35. The molecule has 1 fully saturated rings. The zero-order chi connectivity index (χ0) is 14.5. The standard InChI is InChI=1S/C18H25N3/c19-14-16(15-7-3-1-4-8-15)13-17-11-12-21(20-17)18-9-5-2-6-10-18/h1,3-4,7-8,11-12,16,18H,2,5-6,9-10,13-14,19H2. The number of nitrogens with two attached hydrogens (primary N) is 1. The molecule has 1 saturated carbocycles. The van der Waals surface area contributed by atoms with E-state index in [1.54, 1.807) is 0 Å². The summed E-state index contributed by atoms with van der Waals surface area (Å²) in [6, 6.07) is 13.3. The van der Waals surface area contributed by atoms with Crippen molar-refractivity contribution in [3.8, 4) is 0 Å². The highest BCUT2D eigenvalue weighted by Crippen LogP contribution is 2.28. The minimum atomic E-state index is 0.362. The van der Waals surface area contributed by atoms with Gasteiger partial charge in [-0.05, 0) is 37.4 Å². The van der Waals surface area contributed by atoms with Crippen LogP contribution >= 0.6 is 0 Å². The van der Waals surface area contributed by atoms with Gasteiger partial charge in [-0.1, -0.05) is 49.6 Å².